The van der Waals surface area contributed by atoms with Gasteiger partial charge in [-0.1, -0.05) is 60.7 Å². The number of hydrogen-bond acceptors (Lipinski definition) is 10. The van der Waals surface area contributed by atoms with Crippen molar-refractivity contribution in [2.24, 2.45) is 0 Å². The normalized spacial score (nSPS) is 13.4. The van der Waals surface area contributed by atoms with E-state index in [9.17, 15) is 46.3 Å². The van der Waals surface area contributed by atoms with Crippen LogP contribution in [0.5, 0.6) is 0 Å². The summed E-state index contributed by atoms with van der Waals surface area (Å²) in [4.78, 5) is 85.2. The van der Waals surface area contributed by atoms with Crippen LogP contribution in [0.2, 0.25) is 0 Å². The number of ketones is 4. The van der Waals surface area contributed by atoms with E-state index in [0.29, 0.717) is 30.3 Å². The molecule has 0 aliphatic heterocycles. The standard InChI is InChI=1S/C54H26F4N2O8S2/c55-39-15-27-11-33-34(12-28(27)16-40(39)56)48(62)37(47(33)61)19-31-21-43-51(69-31)46-45(59(43)53(65)67-23-25-7-3-1-4-8-25)52-44(60(46)54(66)68-24-26-9-5-2-6-10-26)22-32(70-52)20-38-49(63)35-13-29-17-41(57)42(58)18-30(29)14-36(35)50(38)64/h1-22H,23-24H2. The second-order valence-electron chi connectivity index (χ2n) is 16.6. The molecule has 0 saturated heterocycles. The van der Waals surface area contributed by atoms with Crippen molar-refractivity contribution in [3.8, 4) is 0 Å². The zero-order valence-corrected chi connectivity index (χ0v) is 37.2. The fourth-order valence-electron chi connectivity index (χ4n) is 9.10. The van der Waals surface area contributed by atoms with Crippen molar-refractivity contribution in [3.05, 3.63) is 199 Å². The predicted molar refractivity (Wildman–Crippen MR) is 256 cm³/mol. The molecule has 0 bridgehead atoms. The first-order chi connectivity index (χ1) is 33.8. The Morgan fingerprint density at radius 2 is 0.771 bits per heavy atom. The SMILES string of the molecule is O=C1C(=Cc2cc3c(s2)c2c(c4sc(C=C5C(=O)c6cc7cc(F)c(F)cc7cc6C5=O)cc4n2C(=O)OCc2ccccc2)n3C(=O)OCc2ccccc2)C(=O)c2cc3cc(F)c(F)cc3cc21. The first-order valence-electron chi connectivity index (χ1n) is 21.3. The number of nitrogens with zero attached hydrogens (tertiary/aromatic N) is 2. The molecule has 4 aromatic heterocycles. The van der Waals surface area contributed by atoms with Crippen LogP contribution < -0.4 is 0 Å². The van der Waals surface area contributed by atoms with Gasteiger partial charge in [-0.05, 0) is 105 Å². The molecule has 2 aliphatic carbocycles. The average molecular weight is 971 g/mol. The quantitative estimate of drug-likeness (QED) is 0.0914. The van der Waals surface area contributed by atoms with Crippen LogP contribution in [-0.2, 0) is 22.7 Å². The summed E-state index contributed by atoms with van der Waals surface area (Å²) in [6.45, 7) is -0.287. The van der Waals surface area contributed by atoms with E-state index >= 15 is 0 Å². The van der Waals surface area contributed by atoms with Crippen LogP contribution in [0.25, 0.3) is 65.2 Å². The third kappa shape index (κ3) is 6.74. The van der Waals surface area contributed by atoms with Crippen molar-refractivity contribution < 1.29 is 55.8 Å². The van der Waals surface area contributed by atoms with Crippen LogP contribution in [0.3, 0.4) is 0 Å². The highest BCUT2D eigenvalue weighted by atomic mass is 32.1. The highest BCUT2D eigenvalue weighted by Crippen LogP contribution is 2.46. The number of fused-ring (bicyclic) bond motifs is 9. The number of allylic oxidation sites excluding steroid dienone is 2. The lowest BCUT2D eigenvalue weighted by Gasteiger charge is -2.07. The van der Waals surface area contributed by atoms with Crippen LogP contribution >= 0.6 is 22.7 Å². The van der Waals surface area contributed by atoms with E-state index in [1.807, 2.05) is 12.1 Å². The fourth-order valence-corrected chi connectivity index (χ4v) is 11.3. The summed E-state index contributed by atoms with van der Waals surface area (Å²) in [5.41, 5.74) is 1.85. The maximum Gasteiger partial charge on any atom is 0.419 e. The smallest absolute Gasteiger partial charge is 0.419 e. The van der Waals surface area contributed by atoms with Crippen molar-refractivity contribution in [1.29, 1.82) is 0 Å². The first kappa shape index (κ1) is 42.7. The lowest BCUT2D eigenvalue weighted by atomic mass is 10.0. The molecule has 0 N–H and O–H groups in total. The second-order valence-corrected chi connectivity index (χ2v) is 18.8. The highest BCUT2D eigenvalue weighted by Gasteiger charge is 2.37. The van der Waals surface area contributed by atoms with Gasteiger partial charge in [0.2, 0.25) is 0 Å². The second kappa shape index (κ2) is 16.0. The molecular weight excluding hydrogens is 945 g/mol. The maximum atomic E-state index is 14.5. The number of thiophene rings is 2. The number of carbonyl (C=O) groups is 6. The van der Waals surface area contributed by atoms with Gasteiger partial charge < -0.3 is 9.47 Å². The summed E-state index contributed by atoms with van der Waals surface area (Å²) in [5.74, 6) is -7.03. The van der Waals surface area contributed by atoms with Gasteiger partial charge in [-0.25, -0.2) is 36.3 Å². The third-order valence-electron chi connectivity index (χ3n) is 12.4. The van der Waals surface area contributed by atoms with Gasteiger partial charge in [0.1, 0.15) is 13.2 Å². The van der Waals surface area contributed by atoms with Crippen LogP contribution in [0.1, 0.15) is 62.3 Å². The Balaban J connectivity index is 1.02. The van der Waals surface area contributed by atoms with Crippen molar-refractivity contribution in [3.63, 3.8) is 0 Å². The molecule has 0 unspecified atom stereocenters. The third-order valence-corrected chi connectivity index (χ3v) is 14.5. The average Bonchev–Trinajstić information content (AvgIpc) is 4.17. The Morgan fingerprint density at radius 1 is 0.457 bits per heavy atom. The van der Waals surface area contributed by atoms with E-state index < -0.39 is 58.6 Å². The van der Waals surface area contributed by atoms with Crippen LogP contribution in [0.15, 0.2) is 132 Å². The zero-order chi connectivity index (χ0) is 48.3. The van der Waals surface area contributed by atoms with Crippen LogP contribution in [0, 0.1) is 23.3 Å². The Labute approximate surface area is 398 Å². The van der Waals surface area contributed by atoms with Crippen molar-refractivity contribution >= 4 is 123 Å². The molecule has 0 radical (unpaired) electrons. The van der Waals surface area contributed by atoms with Gasteiger partial charge in [0.15, 0.2) is 46.4 Å². The predicted octanol–water partition coefficient (Wildman–Crippen LogP) is 13.0. The monoisotopic (exact) mass is 970 g/mol. The largest absolute Gasteiger partial charge is 0.444 e. The molecule has 0 atom stereocenters. The number of Topliss-reactive ketones (excluding diaryl/α,β-unsaturated/α-hetero) is 4. The number of rotatable bonds is 6. The highest BCUT2D eigenvalue weighted by molar-refractivity contribution is 7.22. The number of aromatic nitrogens is 2. The van der Waals surface area contributed by atoms with E-state index in [-0.39, 0.29) is 90.2 Å². The van der Waals surface area contributed by atoms with Gasteiger partial charge >= 0.3 is 12.2 Å². The number of halogens is 4. The van der Waals surface area contributed by atoms with Gasteiger partial charge in [0, 0.05) is 32.0 Å². The molecule has 340 valence electrons. The van der Waals surface area contributed by atoms with E-state index in [2.05, 4.69) is 0 Å². The number of carbonyl (C=O) groups excluding carboxylic acids is 6. The van der Waals surface area contributed by atoms with E-state index in [4.69, 9.17) is 9.47 Å². The van der Waals surface area contributed by atoms with Crippen molar-refractivity contribution in [1.82, 2.24) is 9.13 Å². The van der Waals surface area contributed by atoms with E-state index in [1.165, 1.54) is 45.6 Å². The van der Waals surface area contributed by atoms with Crippen molar-refractivity contribution in [2.75, 3.05) is 0 Å². The van der Waals surface area contributed by atoms with Crippen LogP contribution in [-0.4, -0.2) is 44.5 Å². The molecule has 0 fully saturated rings. The Kier molecular flexibility index (Phi) is 9.77. The zero-order valence-electron chi connectivity index (χ0n) is 35.6. The molecule has 12 rings (SSSR count). The van der Waals surface area contributed by atoms with Gasteiger partial charge in [-0.2, -0.15) is 0 Å². The number of ether oxygens (including phenoxy) is 2. The van der Waals surface area contributed by atoms with Gasteiger partial charge in [-0.15, -0.1) is 22.7 Å². The van der Waals surface area contributed by atoms with Crippen LogP contribution in [0.4, 0.5) is 27.2 Å². The lowest BCUT2D eigenvalue weighted by molar-refractivity contribution is 0.0975. The Hall–Kier alpha value is -8.60. The van der Waals surface area contributed by atoms with Gasteiger partial charge in [-0.3, -0.25) is 19.2 Å². The summed E-state index contributed by atoms with van der Waals surface area (Å²) in [6.07, 6.45) is 1.02. The molecular formula is C54H26F4N2O8S2. The summed E-state index contributed by atoms with van der Waals surface area (Å²) in [6, 6.07) is 30.1. The summed E-state index contributed by atoms with van der Waals surface area (Å²) < 4.78 is 71.8. The first-order valence-corrected chi connectivity index (χ1v) is 23.0. The summed E-state index contributed by atoms with van der Waals surface area (Å²) >= 11 is 2.13. The topological polar surface area (TPSA) is 131 Å². The molecule has 0 saturated carbocycles. The Bertz CT molecular complexity index is 3730. The summed E-state index contributed by atoms with van der Waals surface area (Å²) in [5, 5.41) is 0.898. The van der Waals surface area contributed by atoms with Gasteiger partial charge in [0.05, 0.1) is 42.6 Å². The summed E-state index contributed by atoms with van der Waals surface area (Å²) in [7, 11) is 0. The number of hydrogen-bond donors (Lipinski definition) is 0. The molecule has 2 aliphatic rings. The molecule has 16 heteroatoms. The molecule has 0 spiro atoms. The lowest BCUT2D eigenvalue weighted by Crippen LogP contribution is -2.13. The molecule has 6 aromatic carbocycles. The van der Waals surface area contributed by atoms with E-state index in [0.717, 1.165) is 46.9 Å². The minimum atomic E-state index is -1.11. The molecule has 10 nitrogen and oxygen atoms in total. The Morgan fingerprint density at radius 3 is 1.09 bits per heavy atom. The molecule has 4 heterocycles. The fraction of sp³-hybridized carbons (Fsp3) is 0.0370. The maximum absolute atomic E-state index is 14.5. The van der Waals surface area contributed by atoms with Crippen molar-refractivity contribution in [2.45, 2.75) is 13.2 Å². The number of benzene rings is 6. The van der Waals surface area contributed by atoms with E-state index in [1.54, 1.807) is 60.7 Å². The minimum absolute atomic E-state index is 0.0115. The molecule has 70 heavy (non-hydrogen) atoms. The van der Waals surface area contributed by atoms with Gasteiger partial charge in [0.25, 0.3) is 0 Å². The molecule has 0 amide bonds. The molecule has 10 aromatic rings. The minimum Gasteiger partial charge on any atom is -0.444 e.